The minimum atomic E-state index is -0.238. The molecule has 1 aliphatic rings. The molecule has 0 N–H and O–H groups in total. The second-order valence-corrected chi connectivity index (χ2v) is 9.31. The van der Waals surface area contributed by atoms with E-state index in [0.717, 1.165) is 12.8 Å². The number of carbonyl (C=O) groups excluding carboxylic acids is 1. The molecule has 6 nitrogen and oxygen atoms in total. The van der Waals surface area contributed by atoms with Crippen LogP contribution in [0.5, 0.6) is 0 Å². The standard InChI is InChI=1S/C22H25FN4O2S2/c1-2-3-9-27-21(29)20-17(8-14-30-20)24-22(27)31-15-19(28)26-12-10-25(11-13-26)18-7-5-4-6-16(18)23/h4-8,14H,2-3,9-13,15H2,1H3. The van der Waals surface area contributed by atoms with Gasteiger partial charge in [0, 0.05) is 32.7 Å². The number of aromatic nitrogens is 2. The van der Waals surface area contributed by atoms with Gasteiger partial charge in [0.1, 0.15) is 10.5 Å². The van der Waals surface area contributed by atoms with Crippen LogP contribution >= 0.6 is 23.1 Å². The second-order valence-electron chi connectivity index (χ2n) is 7.45. The van der Waals surface area contributed by atoms with E-state index in [9.17, 15) is 14.0 Å². The van der Waals surface area contributed by atoms with E-state index in [4.69, 9.17) is 0 Å². The van der Waals surface area contributed by atoms with Crippen LogP contribution in [0.4, 0.5) is 10.1 Å². The van der Waals surface area contributed by atoms with Crippen LogP contribution in [0, 0.1) is 5.82 Å². The van der Waals surface area contributed by atoms with Gasteiger partial charge in [0.25, 0.3) is 5.56 Å². The van der Waals surface area contributed by atoms with Gasteiger partial charge in [0.2, 0.25) is 5.91 Å². The summed E-state index contributed by atoms with van der Waals surface area (Å²) in [6.45, 7) is 4.98. The highest BCUT2D eigenvalue weighted by molar-refractivity contribution is 7.99. The maximum atomic E-state index is 14.0. The minimum Gasteiger partial charge on any atom is -0.366 e. The van der Waals surface area contributed by atoms with Gasteiger partial charge in [0.05, 0.1) is 17.0 Å². The quantitative estimate of drug-likeness (QED) is 0.396. The van der Waals surface area contributed by atoms with Crippen LogP contribution in [0.25, 0.3) is 10.2 Å². The Morgan fingerprint density at radius 1 is 1.19 bits per heavy atom. The van der Waals surface area contributed by atoms with Crippen LogP contribution in [0.1, 0.15) is 19.8 Å². The van der Waals surface area contributed by atoms with Gasteiger partial charge in [0.15, 0.2) is 5.16 Å². The Morgan fingerprint density at radius 3 is 2.71 bits per heavy atom. The number of para-hydroxylation sites is 1. The van der Waals surface area contributed by atoms with E-state index in [-0.39, 0.29) is 23.0 Å². The van der Waals surface area contributed by atoms with Gasteiger partial charge < -0.3 is 9.80 Å². The lowest BCUT2D eigenvalue weighted by molar-refractivity contribution is -0.128. The summed E-state index contributed by atoms with van der Waals surface area (Å²) >= 11 is 2.73. The molecule has 164 valence electrons. The van der Waals surface area contributed by atoms with E-state index < -0.39 is 0 Å². The van der Waals surface area contributed by atoms with Gasteiger partial charge in [-0.3, -0.25) is 14.2 Å². The molecular weight excluding hydrogens is 435 g/mol. The first kappa shape index (κ1) is 21.8. The fourth-order valence-corrected chi connectivity index (χ4v) is 5.38. The Labute approximate surface area is 188 Å². The van der Waals surface area contributed by atoms with E-state index in [2.05, 4.69) is 11.9 Å². The van der Waals surface area contributed by atoms with E-state index >= 15 is 0 Å². The summed E-state index contributed by atoms with van der Waals surface area (Å²) in [6.07, 6.45) is 1.86. The normalized spacial score (nSPS) is 14.4. The van der Waals surface area contributed by atoms with E-state index in [0.29, 0.717) is 53.8 Å². The van der Waals surface area contributed by atoms with Gasteiger partial charge >= 0.3 is 0 Å². The highest BCUT2D eigenvalue weighted by atomic mass is 32.2. The number of hydrogen-bond acceptors (Lipinski definition) is 6. The second kappa shape index (κ2) is 9.82. The third-order valence-electron chi connectivity index (χ3n) is 5.42. The molecular formula is C22H25FN4O2S2. The van der Waals surface area contributed by atoms with Crippen molar-refractivity contribution in [3.63, 3.8) is 0 Å². The van der Waals surface area contributed by atoms with Crippen molar-refractivity contribution in [2.45, 2.75) is 31.5 Å². The molecule has 1 saturated heterocycles. The minimum absolute atomic E-state index is 0.0138. The number of amides is 1. The van der Waals surface area contributed by atoms with Crippen molar-refractivity contribution in [2.75, 3.05) is 36.8 Å². The number of thioether (sulfide) groups is 1. The number of halogens is 1. The molecule has 1 amide bonds. The Kier molecular flexibility index (Phi) is 6.92. The number of rotatable bonds is 7. The molecule has 0 bridgehead atoms. The number of unbranched alkanes of at least 4 members (excludes halogenated alkanes) is 1. The Morgan fingerprint density at radius 2 is 1.97 bits per heavy atom. The van der Waals surface area contributed by atoms with Gasteiger partial charge in [-0.05, 0) is 30.0 Å². The molecule has 0 spiro atoms. The maximum absolute atomic E-state index is 14.0. The summed E-state index contributed by atoms with van der Waals surface area (Å²) in [5, 5.41) is 2.47. The van der Waals surface area contributed by atoms with Crippen LogP contribution in [0.15, 0.2) is 45.7 Å². The van der Waals surface area contributed by atoms with Crippen LogP contribution in [0.2, 0.25) is 0 Å². The number of anilines is 1. The average Bonchev–Trinajstić information content (AvgIpc) is 3.26. The lowest BCUT2D eigenvalue weighted by Crippen LogP contribution is -2.49. The summed E-state index contributed by atoms with van der Waals surface area (Å²) in [5.41, 5.74) is 1.25. The predicted octanol–water partition coefficient (Wildman–Crippen LogP) is 3.84. The number of nitrogens with zero attached hydrogens (tertiary/aromatic N) is 4. The van der Waals surface area contributed by atoms with Crippen molar-refractivity contribution in [1.29, 1.82) is 0 Å². The first-order valence-corrected chi connectivity index (χ1v) is 12.3. The number of piperazine rings is 1. The molecule has 0 saturated carbocycles. The molecule has 3 heterocycles. The van der Waals surface area contributed by atoms with Crippen LogP contribution in [0.3, 0.4) is 0 Å². The molecule has 9 heteroatoms. The van der Waals surface area contributed by atoms with Gasteiger partial charge in [-0.25, -0.2) is 9.37 Å². The molecule has 4 rings (SSSR count). The topological polar surface area (TPSA) is 58.4 Å². The molecule has 1 aromatic carbocycles. The molecule has 3 aromatic rings. The molecule has 0 radical (unpaired) electrons. The Balaban J connectivity index is 1.40. The lowest BCUT2D eigenvalue weighted by Gasteiger charge is -2.36. The number of carbonyl (C=O) groups is 1. The summed E-state index contributed by atoms with van der Waals surface area (Å²) in [6, 6.07) is 8.57. The number of hydrogen-bond donors (Lipinski definition) is 0. The first-order chi connectivity index (χ1) is 15.1. The molecule has 1 fully saturated rings. The van der Waals surface area contributed by atoms with Crippen molar-refractivity contribution in [2.24, 2.45) is 0 Å². The van der Waals surface area contributed by atoms with Gasteiger partial charge in [-0.2, -0.15) is 0 Å². The number of thiophene rings is 1. The third-order valence-corrected chi connectivity index (χ3v) is 7.27. The van der Waals surface area contributed by atoms with Crippen LogP contribution < -0.4 is 10.5 Å². The highest BCUT2D eigenvalue weighted by Crippen LogP contribution is 2.23. The first-order valence-electron chi connectivity index (χ1n) is 10.5. The molecule has 0 atom stereocenters. The Bertz CT molecular complexity index is 1120. The third kappa shape index (κ3) is 4.77. The number of fused-ring (bicyclic) bond motifs is 1. The molecule has 0 unspecified atom stereocenters. The molecule has 2 aromatic heterocycles. The monoisotopic (exact) mass is 460 g/mol. The van der Waals surface area contributed by atoms with Gasteiger partial charge in [-0.1, -0.05) is 37.2 Å². The van der Waals surface area contributed by atoms with Crippen molar-refractivity contribution < 1.29 is 9.18 Å². The summed E-state index contributed by atoms with van der Waals surface area (Å²) in [4.78, 5) is 34.1. The lowest BCUT2D eigenvalue weighted by atomic mass is 10.2. The Hall–Kier alpha value is -2.39. The van der Waals surface area contributed by atoms with Gasteiger partial charge in [-0.15, -0.1) is 11.3 Å². The molecule has 1 aliphatic heterocycles. The highest BCUT2D eigenvalue weighted by Gasteiger charge is 2.23. The zero-order chi connectivity index (χ0) is 21.8. The smallest absolute Gasteiger partial charge is 0.272 e. The van der Waals surface area contributed by atoms with Crippen LogP contribution in [-0.2, 0) is 11.3 Å². The SMILES string of the molecule is CCCCn1c(SCC(=O)N2CCN(c3ccccc3F)CC2)nc2ccsc2c1=O. The van der Waals surface area contributed by atoms with Crippen molar-refractivity contribution in [3.05, 3.63) is 51.9 Å². The van der Waals surface area contributed by atoms with Crippen molar-refractivity contribution in [1.82, 2.24) is 14.5 Å². The summed E-state index contributed by atoms with van der Waals surface area (Å²) < 4.78 is 16.4. The molecule has 0 aliphatic carbocycles. The number of benzene rings is 1. The van der Waals surface area contributed by atoms with Crippen molar-refractivity contribution in [3.8, 4) is 0 Å². The van der Waals surface area contributed by atoms with E-state index in [1.165, 1.54) is 29.2 Å². The van der Waals surface area contributed by atoms with E-state index in [1.807, 2.05) is 27.3 Å². The zero-order valence-corrected chi connectivity index (χ0v) is 19.1. The summed E-state index contributed by atoms with van der Waals surface area (Å²) in [7, 11) is 0. The fourth-order valence-electron chi connectivity index (χ4n) is 3.67. The fraction of sp³-hybridized carbons (Fsp3) is 0.409. The van der Waals surface area contributed by atoms with Crippen molar-refractivity contribution >= 4 is 44.9 Å². The summed E-state index contributed by atoms with van der Waals surface area (Å²) in [5.74, 6) is 0.00569. The van der Waals surface area contributed by atoms with E-state index in [1.54, 1.807) is 16.7 Å². The maximum Gasteiger partial charge on any atom is 0.272 e. The average molecular weight is 461 g/mol. The van der Waals surface area contributed by atoms with Crippen LogP contribution in [-0.4, -0.2) is 52.3 Å². The predicted molar refractivity (Wildman–Crippen MR) is 125 cm³/mol. The largest absolute Gasteiger partial charge is 0.366 e. The molecule has 31 heavy (non-hydrogen) atoms. The zero-order valence-electron chi connectivity index (χ0n) is 17.4.